The summed E-state index contributed by atoms with van der Waals surface area (Å²) in [5.41, 5.74) is 7.08. The van der Waals surface area contributed by atoms with Gasteiger partial charge in [0.2, 0.25) is 0 Å². The lowest BCUT2D eigenvalue weighted by molar-refractivity contribution is 0.608. The summed E-state index contributed by atoms with van der Waals surface area (Å²) in [6.45, 7) is 0.498. The van der Waals surface area contributed by atoms with Crippen LogP contribution in [0.4, 0.5) is 15.9 Å². The van der Waals surface area contributed by atoms with Crippen LogP contribution in [0.25, 0.3) is 0 Å². The Balaban J connectivity index is 2.14. The van der Waals surface area contributed by atoms with Crippen molar-refractivity contribution in [3.05, 3.63) is 54.0 Å². The van der Waals surface area contributed by atoms with Gasteiger partial charge in [-0.25, -0.2) is 9.37 Å². The summed E-state index contributed by atoms with van der Waals surface area (Å²) in [4.78, 5) is 5.93. The molecule has 0 bridgehead atoms. The molecule has 88 valence electrons. The molecule has 0 spiro atoms. The molecule has 0 radical (unpaired) electrons. The normalized spacial score (nSPS) is 10.2. The third-order valence-electron chi connectivity index (χ3n) is 2.58. The minimum absolute atomic E-state index is 0.192. The lowest BCUT2D eigenvalue weighted by Gasteiger charge is -2.19. The van der Waals surface area contributed by atoms with Crippen molar-refractivity contribution in [2.45, 2.75) is 6.54 Å². The van der Waals surface area contributed by atoms with E-state index in [4.69, 9.17) is 5.73 Å². The van der Waals surface area contributed by atoms with Gasteiger partial charge in [0.05, 0.1) is 11.9 Å². The van der Waals surface area contributed by atoms with Crippen molar-refractivity contribution in [1.82, 2.24) is 4.98 Å². The van der Waals surface area contributed by atoms with Crippen molar-refractivity contribution in [2.75, 3.05) is 17.7 Å². The molecule has 0 amide bonds. The molecule has 0 aliphatic heterocycles. The van der Waals surface area contributed by atoms with Crippen LogP contribution in [0.1, 0.15) is 5.56 Å². The van der Waals surface area contributed by atoms with Crippen molar-refractivity contribution in [2.24, 2.45) is 0 Å². The molecule has 0 atom stereocenters. The maximum Gasteiger partial charge on any atom is 0.128 e. The third kappa shape index (κ3) is 2.72. The fourth-order valence-electron chi connectivity index (χ4n) is 1.60. The predicted molar refractivity (Wildman–Crippen MR) is 67.2 cm³/mol. The molecule has 3 nitrogen and oxygen atoms in total. The number of halogens is 1. The van der Waals surface area contributed by atoms with Crippen molar-refractivity contribution < 1.29 is 4.39 Å². The van der Waals surface area contributed by atoms with Gasteiger partial charge in [-0.1, -0.05) is 18.2 Å². The second kappa shape index (κ2) is 4.82. The monoisotopic (exact) mass is 231 g/mol. The third-order valence-corrected chi connectivity index (χ3v) is 2.58. The van der Waals surface area contributed by atoms with E-state index in [1.54, 1.807) is 24.4 Å². The zero-order valence-corrected chi connectivity index (χ0v) is 9.60. The largest absolute Gasteiger partial charge is 0.384 e. The number of benzene rings is 1. The Morgan fingerprint density at radius 1 is 1.24 bits per heavy atom. The van der Waals surface area contributed by atoms with E-state index in [1.807, 2.05) is 24.1 Å². The van der Waals surface area contributed by atoms with E-state index in [1.165, 1.54) is 6.07 Å². The molecular weight excluding hydrogens is 217 g/mol. The van der Waals surface area contributed by atoms with E-state index >= 15 is 0 Å². The van der Waals surface area contributed by atoms with Crippen LogP contribution in [0.3, 0.4) is 0 Å². The number of hydrogen-bond donors (Lipinski definition) is 1. The Morgan fingerprint density at radius 2 is 2.00 bits per heavy atom. The van der Waals surface area contributed by atoms with Gasteiger partial charge in [0, 0.05) is 19.2 Å². The van der Waals surface area contributed by atoms with Crippen LogP contribution < -0.4 is 10.6 Å². The second-order valence-corrected chi connectivity index (χ2v) is 3.89. The summed E-state index contributed by atoms with van der Waals surface area (Å²) in [6, 6.07) is 10.3. The zero-order chi connectivity index (χ0) is 12.3. The molecule has 1 heterocycles. The minimum atomic E-state index is -0.192. The van der Waals surface area contributed by atoms with Crippen LogP contribution in [0.5, 0.6) is 0 Å². The highest BCUT2D eigenvalue weighted by molar-refractivity contribution is 5.47. The molecule has 4 heteroatoms. The molecule has 17 heavy (non-hydrogen) atoms. The van der Waals surface area contributed by atoms with Crippen molar-refractivity contribution in [3.63, 3.8) is 0 Å². The van der Waals surface area contributed by atoms with Crippen molar-refractivity contribution in [1.29, 1.82) is 0 Å². The minimum Gasteiger partial charge on any atom is -0.384 e. The number of nitrogen functional groups attached to an aromatic ring is 1. The molecule has 0 aliphatic carbocycles. The molecule has 0 unspecified atom stereocenters. The van der Waals surface area contributed by atoms with E-state index in [2.05, 4.69) is 4.98 Å². The maximum absolute atomic E-state index is 13.5. The van der Waals surface area contributed by atoms with Crippen molar-refractivity contribution in [3.8, 4) is 0 Å². The fraction of sp³-hybridized carbons (Fsp3) is 0.154. The highest BCUT2D eigenvalue weighted by Gasteiger charge is 2.06. The Labute approximate surface area is 99.7 Å². The second-order valence-electron chi connectivity index (χ2n) is 3.89. The van der Waals surface area contributed by atoms with Gasteiger partial charge in [-0.2, -0.15) is 0 Å². The molecule has 0 fully saturated rings. The standard InChI is InChI=1S/C13H14FN3/c1-17(11-6-7-13(15)16-8-11)9-10-4-2-3-5-12(10)14/h2-8H,9H2,1H3,(H2,15,16). The molecule has 1 aromatic carbocycles. The van der Waals surface area contributed by atoms with E-state index in [-0.39, 0.29) is 5.82 Å². The van der Waals surface area contributed by atoms with Crippen LogP contribution in [0.15, 0.2) is 42.6 Å². The molecular formula is C13H14FN3. The molecule has 2 N–H and O–H groups in total. The number of hydrogen-bond acceptors (Lipinski definition) is 3. The summed E-state index contributed by atoms with van der Waals surface area (Å²) in [5.74, 6) is 0.288. The first-order chi connectivity index (χ1) is 8.16. The first kappa shape index (κ1) is 11.4. The van der Waals surface area contributed by atoms with Crippen LogP contribution >= 0.6 is 0 Å². The number of rotatable bonds is 3. The van der Waals surface area contributed by atoms with Gasteiger partial charge < -0.3 is 10.6 Å². The van der Waals surface area contributed by atoms with E-state index in [0.29, 0.717) is 17.9 Å². The maximum atomic E-state index is 13.5. The molecule has 2 aromatic rings. The number of nitrogens with two attached hydrogens (primary N) is 1. The lowest BCUT2D eigenvalue weighted by atomic mass is 10.2. The SMILES string of the molecule is CN(Cc1ccccc1F)c1ccc(N)nc1. The summed E-state index contributed by atoms with van der Waals surface area (Å²) < 4.78 is 13.5. The molecule has 0 saturated carbocycles. The number of pyridine rings is 1. The van der Waals surface area contributed by atoms with Crippen LogP contribution in [0.2, 0.25) is 0 Å². The fourth-order valence-corrected chi connectivity index (χ4v) is 1.60. The molecule has 0 aliphatic rings. The first-order valence-corrected chi connectivity index (χ1v) is 5.33. The first-order valence-electron chi connectivity index (χ1n) is 5.33. The van der Waals surface area contributed by atoms with Crippen LogP contribution in [-0.4, -0.2) is 12.0 Å². The Hall–Kier alpha value is -2.10. The lowest BCUT2D eigenvalue weighted by Crippen LogP contribution is -2.17. The smallest absolute Gasteiger partial charge is 0.128 e. The Kier molecular flexibility index (Phi) is 3.23. The predicted octanol–water partition coefficient (Wildman–Crippen LogP) is 2.44. The van der Waals surface area contributed by atoms with Gasteiger partial charge in [0.25, 0.3) is 0 Å². The quantitative estimate of drug-likeness (QED) is 0.882. The van der Waals surface area contributed by atoms with Crippen molar-refractivity contribution >= 4 is 11.5 Å². The van der Waals surface area contributed by atoms with E-state index < -0.39 is 0 Å². The molecule has 1 aromatic heterocycles. The highest BCUT2D eigenvalue weighted by Crippen LogP contribution is 2.16. The van der Waals surface area contributed by atoms with Crippen LogP contribution in [0, 0.1) is 5.82 Å². The van der Waals surface area contributed by atoms with Gasteiger partial charge in [0.15, 0.2) is 0 Å². The summed E-state index contributed by atoms with van der Waals surface area (Å²) in [6.07, 6.45) is 1.68. The number of nitrogens with zero attached hydrogens (tertiary/aromatic N) is 2. The highest BCUT2D eigenvalue weighted by atomic mass is 19.1. The number of anilines is 2. The summed E-state index contributed by atoms with van der Waals surface area (Å²) in [7, 11) is 1.89. The van der Waals surface area contributed by atoms with Gasteiger partial charge >= 0.3 is 0 Å². The zero-order valence-electron chi connectivity index (χ0n) is 9.60. The van der Waals surface area contributed by atoms with Gasteiger partial charge in [0.1, 0.15) is 11.6 Å². The topological polar surface area (TPSA) is 42.1 Å². The van der Waals surface area contributed by atoms with E-state index in [0.717, 1.165) is 5.69 Å². The Morgan fingerprint density at radius 3 is 2.65 bits per heavy atom. The molecule has 2 rings (SSSR count). The van der Waals surface area contributed by atoms with E-state index in [9.17, 15) is 4.39 Å². The van der Waals surface area contributed by atoms with Gasteiger partial charge in [-0.3, -0.25) is 0 Å². The number of aromatic nitrogens is 1. The molecule has 0 saturated heterocycles. The Bertz CT molecular complexity index is 496. The van der Waals surface area contributed by atoms with Gasteiger partial charge in [-0.15, -0.1) is 0 Å². The van der Waals surface area contributed by atoms with Crippen LogP contribution in [-0.2, 0) is 6.54 Å². The van der Waals surface area contributed by atoms with Gasteiger partial charge in [-0.05, 0) is 18.2 Å². The summed E-state index contributed by atoms with van der Waals surface area (Å²) >= 11 is 0. The average Bonchev–Trinajstić information content (AvgIpc) is 2.33. The summed E-state index contributed by atoms with van der Waals surface area (Å²) in [5, 5.41) is 0. The average molecular weight is 231 g/mol.